The molecule has 0 amide bonds. The van der Waals surface area contributed by atoms with Gasteiger partial charge >= 0.3 is 0 Å². The summed E-state index contributed by atoms with van der Waals surface area (Å²) in [5, 5.41) is 2.40. The Kier molecular flexibility index (Phi) is 10.4. The molecule has 0 atom stereocenters. The van der Waals surface area contributed by atoms with Crippen molar-refractivity contribution in [2.24, 2.45) is 0 Å². The third kappa shape index (κ3) is 7.88. The van der Waals surface area contributed by atoms with Crippen LogP contribution in [0.1, 0.15) is 44.5 Å². The van der Waals surface area contributed by atoms with E-state index in [1.165, 1.54) is 60.9 Å². The zero-order chi connectivity index (χ0) is 37.4. The van der Waals surface area contributed by atoms with Crippen molar-refractivity contribution in [3.8, 4) is 0 Å². The number of fused-ring (bicyclic) bond motifs is 1. The predicted molar refractivity (Wildman–Crippen MR) is 237 cm³/mol. The van der Waals surface area contributed by atoms with Gasteiger partial charge in [-0.1, -0.05) is 200 Å². The number of anilines is 3. The molecule has 0 N–H and O–H groups in total. The van der Waals surface area contributed by atoms with E-state index < -0.39 is 0 Å². The van der Waals surface area contributed by atoms with Crippen LogP contribution in [-0.4, -0.2) is 0 Å². The monoisotopic (exact) mass is 705 g/mol. The average Bonchev–Trinajstić information content (AvgIpc) is 3.24. The molecular formula is C54H43N. The van der Waals surface area contributed by atoms with Gasteiger partial charge in [-0.05, 0) is 99.7 Å². The van der Waals surface area contributed by atoms with Crippen LogP contribution in [0.2, 0.25) is 0 Å². The molecule has 8 aromatic carbocycles. The van der Waals surface area contributed by atoms with Gasteiger partial charge in [0.25, 0.3) is 0 Å². The molecule has 0 heterocycles. The van der Waals surface area contributed by atoms with Crippen LogP contribution in [-0.2, 0) is 0 Å². The van der Waals surface area contributed by atoms with Crippen molar-refractivity contribution in [1.82, 2.24) is 0 Å². The van der Waals surface area contributed by atoms with Gasteiger partial charge in [0, 0.05) is 16.8 Å². The van der Waals surface area contributed by atoms with Crippen LogP contribution in [0, 0.1) is 13.8 Å². The first-order valence-corrected chi connectivity index (χ1v) is 18.9. The summed E-state index contributed by atoms with van der Waals surface area (Å²) in [7, 11) is 0. The second-order valence-corrected chi connectivity index (χ2v) is 13.9. The SMILES string of the molecule is Cc1ccc(N(c2ccc(/C=C/C=C(c3ccccc3)c3ccccc3)cc2)c2ccc(C=C(c3ccccc3)c3ccccc3)c3ccccc23)c(C)c1. The smallest absolute Gasteiger partial charge is 0.0540 e. The topological polar surface area (TPSA) is 3.24 Å². The molecule has 55 heavy (non-hydrogen) atoms. The fourth-order valence-electron chi connectivity index (χ4n) is 7.40. The van der Waals surface area contributed by atoms with Gasteiger partial charge < -0.3 is 4.90 Å². The summed E-state index contributed by atoms with van der Waals surface area (Å²) in [5.74, 6) is 0. The van der Waals surface area contributed by atoms with Gasteiger partial charge in [0.1, 0.15) is 0 Å². The van der Waals surface area contributed by atoms with Crippen molar-refractivity contribution < 1.29 is 0 Å². The standard InChI is InChI=1S/C54H43N/c1-40-30-36-53(41(2)38-40)55(48-34-31-42(32-35-48)18-17-29-49(43-19-7-3-8-20-43)44-21-9-4-10-22-44)54-37-33-47(50-27-15-16-28-51(50)54)39-52(45-23-11-5-12-24-45)46-25-13-6-14-26-46/h3-39H,1-2H3/b18-17+. The zero-order valence-corrected chi connectivity index (χ0v) is 31.3. The number of hydrogen-bond donors (Lipinski definition) is 0. The molecular weight excluding hydrogens is 663 g/mol. The number of aryl methyl sites for hydroxylation is 2. The van der Waals surface area contributed by atoms with E-state index in [0.29, 0.717) is 0 Å². The predicted octanol–water partition coefficient (Wildman–Crippen LogP) is 14.7. The van der Waals surface area contributed by atoms with Crippen LogP contribution < -0.4 is 4.90 Å². The van der Waals surface area contributed by atoms with E-state index in [1.54, 1.807) is 0 Å². The summed E-state index contributed by atoms with van der Waals surface area (Å²) < 4.78 is 0. The Labute approximate surface area is 325 Å². The molecule has 8 aromatic rings. The maximum absolute atomic E-state index is 2.41. The molecule has 0 fully saturated rings. The summed E-state index contributed by atoms with van der Waals surface area (Å²) in [6, 6.07) is 71.5. The first kappa shape index (κ1) is 35.1. The number of nitrogens with zero attached hydrogens (tertiary/aromatic N) is 1. The minimum absolute atomic E-state index is 1.11. The van der Waals surface area contributed by atoms with Crippen molar-refractivity contribution in [2.45, 2.75) is 13.8 Å². The highest BCUT2D eigenvalue weighted by Crippen LogP contribution is 2.42. The molecule has 0 unspecified atom stereocenters. The minimum atomic E-state index is 1.11. The lowest BCUT2D eigenvalue weighted by Crippen LogP contribution is -2.12. The summed E-state index contributed by atoms with van der Waals surface area (Å²) in [5.41, 5.74) is 15.4. The molecule has 0 aliphatic rings. The van der Waals surface area contributed by atoms with Crippen molar-refractivity contribution in [3.63, 3.8) is 0 Å². The summed E-state index contributed by atoms with van der Waals surface area (Å²) in [6.07, 6.45) is 8.90. The highest BCUT2D eigenvalue weighted by molar-refractivity contribution is 6.06. The molecule has 0 aliphatic carbocycles. The van der Waals surface area contributed by atoms with Crippen molar-refractivity contribution in [3.05, 3.63) is 257 Å². The molecule has 0 bridgehead atoms. The van der Waals surface area contributed by atoms with E-state index in [1.807, 2.05) is 0 Å². The largest absolute Gasteiger partial charge is 0.310 e. The lowest BCUT2D eigenvalue weighted by molar-refractivity contribution is 1.25. The fourth-order valence-corrected chi connectivity index (χ4v) is 7.40. The molecule has 0 saturated carbocycles. The van der Waals surface area contributed by atoms with Gasteiger partial charge in [-0.15, -0.1) is 0 Å². The molecule has 0 spiro atoms. The molecule has 264 valence electrons. The molecule has 8 rings (SSSR count). The van der Waals surface area contributed by atoms with Gasteiger partial charge in [0.05, 0.1) is 5.69 Å². The molecule has 0 aromatic heterocycles. The average molecular weight is 706 g/mol. The lowest BCUT2D eigenvalue weighted by Gasteiger charge is -2.29. The maximum atomic E-state index is 2.41. The summed E-state index contributed by atoms with van der Waals surface area (Å²) in [4.78, 5) is 2.41. The lowest BCUT2D eigenvalue weighted by atomic mass is 9.93. The van der Waals surface area contributed by atoms with Gasteiger partial charge in [-0.3, -0.25) is 0 Å². The minimum Gasteiger partial charge on any atom is -0.310 e. The van der Waals surface area contributed by atoms with Gasteiger partial charge in [0.2, 0.25) is 0 Å². The molecule has 0 radical (unpaired) electrons. The van der Waals surface area contributed by atoms with E-state index in [-0.39, 0.29) is 0 Å². The maximum Gasteiger partial charge on any atom is 0.0540 e. The normalized spacial score (nSPS) is 11.0. The number of allylic oxidation sites excluding steroid dienone is 2. The van der Waals surface area contributed by atoms with Crippen LogP contribution in [0.15, 0.2) is 212 Å². The van der Waals surface area contributed by atoms with Crippen LogP contribution in [0.4, 0.5) is 17.1 Å². The Morgan fingerprint density at radius 2 is 0.927 bits per heavy atom. The second kappa shape index (κ2) is 16.4. The Hall–Kier alpha value is -6.96. The highest BCUT2D eigenvalue weighted by Gasteiger charge is 2.18. The summed E-state index contributed by atoms with van der Waals surface area (Å²) in [6.45, 7) is 4.37. The highest BCUT2D eigenvalue weighted by atomic mass is 15.1. The second-order valence-electron chi connectivity index (χ2n) is 13.9. The number of hydrogen-bond acceptors (Lipinski definition) is 1. The number of rotatable bonds is 10. The van der Waals surface area contributed by atoms with E-state index >= 15 is 0 Å². The molecule has 1 nitrogen and oxygen atoms in total. The Bertz CT molecular complexity index is 2530. The quantitative estimate of drug-likeness (QED) is 0.101. The van der Waals surface area contributed by atoms with Crippen LogP contribution in [0.25, 0.3) is 34.1 Å². The summed E-state index contributed by atoms with van der Waals surface area (Å²) >= 11 is 0. The Morgan fingerprint density at radius 3 is 1.47 bits per heavy atom. The molecule has 1 heteroatoms. The Balaban J connectivity index is 1.20. The molecule has 0 aliphatic heterocycles. The third-order valence-corrected chi connectivity index (χ3v) is 10.1. The third-order valence-electron chi connectivity index (χ3n) is 10.1. The Morgan fingerprint density at radius 1 is 0.436 bits per heavy atom. The van der Waals surface area contributed by atoms with Crippen molar-refractivity contribution >= 4 is 51.1 Å². The number of benzene rings is 8. The molecule has 0 saturated heterocycles. The van der Waals surface area contributed by atoms with E-state index in [4.69, 9.17) is 0 Å². The van der Waals surface area contributed by atoms with Crippen molar-refractivity contribution in [1.29, 1.82) is 0 Å². The van der Waals surface area contributed by atoms with Crippen LogP contribution in [0.3, 0.4) is 0 Å². The van der Waals surface area contributed by atoms with E-state index in [2.05, 4.69) is 243 Å². The van der Waals surface area contributed by atoms with Crippen LogP contribution >= 0.6 is 0 Å². The van der Waals surface area contributed by atoms with Gasteiger partial charge in [-0.2, -0.15) is 0 Å². The first-order chi connectivity index (χ1) is 27.1. The first-order valence-electron chi connectivity index (χ1n) is 18.9. The van der Waals surface area contributed by atoms with Gasteiger partial charge in [0.15, 0.2) is 0 Å². The van der Waals surface area contributed by atoms with Gasteiger partial charge in [-0.25, -0.2) is 0 Å². The van der Waals surface area contributed by atoms with E-state index in [9.17, 15) is 0 Å². The van der Waals surface area contributed by atoms with Crippen molar-refractivity contribution in [2.75, 3.05) is 4.90 Å². The van der Waals surface area contributed by atoms with E-state index in [0.717, 1.165) is 22.6 Å². The fraction of sp³-hybridized carbons (Fsp3) is 0.0370. The zero-order valence-electron chi connectivity index (χ0n) is 31.3. The van der Waals surface area contributed by atoms with Crippen LogP contribution in [0.5, 0.6) is 0 Å².